The van der Waals surface area contributed by atoms with Crippen molar-refractivity contribution in [2.75, 3.05) is 29.9 Å². The van der Waals surface area contributed by atoms with Crippen molar-refractivity contribution in [3.05, 3.63) is 35.3 Å². The summed E-state index contributed by atoms with van der Waals surface area (Å²) in [5, 5.41) is 4.70. The number of rotatable bonds is 5. The highest BCUT2D eigenvalue weighted by Gasteiger charge is 2.31. The number of nitrogens with one attached hydrogen (secondary N) is 2. The monoisotopic (exact) mass is 449 g/mol. The van der Waals surface area contributed by atoms with Gasteiger partial charge in [-0.1, -0.05) is 0 Å². The third-order valence-electron chi connectivity index (χ3n) is 5.25. The molecule has 3 amide bonds. The van der Waals surface area contributed by atoms with Crippen molar-refractivity contribution < 1.29 is 18.0 Å². The van der Waals surface area contributed by atoms with Crippen LogP contribution in [-0.4, -0.2) is 55.9 Å². The van der Waals surface area contributed by atoms with Gasteiger partial charge in [0.1, 0.15) is 0 Å². The fourth-order valence-electron chi connectivity index (χ4n) is 3.68. The first kappa shape index (κ1) is 20.8. The van der Waals surface area contributed by atoms with Crippen LogP contribution in [0.25, 0.3) is 0 Å². The van der Waals surface area contributed by atoms with Gasteiger partial charge in [-0.3, -0.25) is 9.69 Å². The molecule has 30 heavy (non-hydrogen) atoms. The van der Waals surface area contributed by atoms with Gasteiger partial charge in [0, 0.05) is 36.9 Å². The molecule has 0 radical (unpaired) electrons. The van der Waals surface area contributed by atoms with Crippen LogP contribution in [0.2, 0.25) is 0 Å². The molecule has 2 aromatic rings. The molecule has 1 aromatic carbocycles. The molecule has 0 bridgehead atoms. The Bertz CT molecular complexity index is 1050. The molecular weight excluding hydrogens is 426 g/mol. The summed E-state index contributed by atoms with van der Waals surface area (Å²) in [4.78, 5) is 32.5. The number of fused-ring (bicyclic) bond motifs is 1. The molecule has 1 saturated heterocycles. The molecule has 2 aliphatic heterocycles. The highest BCUT2D eigenvalue weighted by molar-refractivity contribution is 7.89. The third-order valence-corrected chi connectivity index (χ3v) is 7.48. The van der Waals surface area contributed by atoms with E-state index in [1.54, 1.807) is 28.6 Å². The van der Waals surface area contributed by atoms with Gasteiger partial charge in [0.2, 0.25) is 15.9 Å². The lowest BCUT2D eigenvalue weighted by molar-refractivity contribution is -0.117. The molecule has 0 saturated carbocycles. The summed E-state index contributed by atoms with van der Waals surface area (Å²) in [5.74, 6) is -0.489. The van der Waals surface area contributed by atoms with Gasteiger partial charge in [-0.2, -0.15) is 4.72 Å². The van der Waals surface area contributed by atoms with Gasteiger partial charge < -0.3 is 10.2 Å². The van der Waals surface area contributed by atoms with E-state index in [1.165, 1.54) is 24.3 Å². The second-order valence-electron chi connectivity index (χ2n) is 7.34. The summed E-state index contributed by atoms with van der Waals surface area (Å²) in [7, 11) is -3.90. The molecule has 11 heteroatoms. The molecule has 0 spiro atoms. The van der Waals surface area contributed by atoms with Crippen LogP contribution in [-0.2, 0) is 21.2 Å². The van der Waals surface area contributed by atoms with E-state index in [2.05, 4.69) is 15.0 Å². The fraction of sp³-hybridized carbons (Fsp3) is 0.421. The second kappa shape index (κ2) is 8.32. The number of carbonyl (C=O) groups excluding carboxylic acids is 2. The van der Waals surface area contributed by atoms with E-state index < -0.39 is 22.0 Å². The summed E-state index contributed by atoms with van der Waals surface area (Å²) in [6.07, 6.45) is 4.18. The summed E-state index contributed by atoms with van der Waals surface area (Å²) in [5.41, 5.74) is 1.56. The first-order valence-corrected chi connectivity index (χ1v) is 12.1. The Morgan fingerprint density at radius 1 is 1.20 bits per heavy atom. The Kier molecular flexibility index (Phi) is 5.76. The van der Waals surface area contributed by atoms with E-state index in [0.29, 0.717) is 18.1 Å². The van der Waals surface area contributed by atoms with Crippen molar-refractivity contribution in [1.82, 2.24) is 14.6 Å². The van der Waals surface area contributed by atoms with E-state index in [-0.39, 0.29) is 10.9 Å². The van der Waals surface area contributed by atoms with Crippen LogP contribution in [0.1, 0.15) is 25.3 Å². The second-order valence-corrected chi connectivity index (χ2v) is 9.95. The van der Waals surface area contributed by atoms with Crippen molar-refractivity contribution in [1.29, 1.82) is 0 Å². The van der Waals surface area contributed by atoms with Gasteiger partial charge in [-0.15, -0.1) is 11.3 Å². The molecule has 1 atom stereocenters. The molecule has 0 aliphatic carbocycles. The van der Waals surface area contributed by atoms with Gasteiger partial charge in [0.15, 0.2) is 5.13 Å². The van der Waals surface area contributed by atoms with E-state index in [4.69, 9.17) is 0 Å². The van der Waals surface area contributed by atoms with E-state index in [9.17, 15) is 18.0 Å². The number of hydrogen-bond acceptors (Lipinski definition) is 6. The number of benzene rings is 1. The van der Waals surface area contributed by atoms with E-state index in [1.807, 2.05) is 4.90 Å². The smallest absolute Gasteiger partial charge is 0.324 e. The molecule has 0 unspecified atom stereocenters. The quantitative estimate of drug-likeness (QED) is 0.725. The van der Waals surface area contributed by atoms with Crippen LogP contribution in [0, 0.1) is 0 Å². The Morgan fingerprint density at radius 2 is 1.97 bits per heavy atom. The Morgan fingerprint density at radius 3 is 2.67 bits per heavy atom. The van der Waals surface area contributed by atoms with Gasteiger partial charge in [-0.25, -0.2) is 18.2 Å². The minimum absolute atomic E-state index is 0.0209. The number of nitrogens with zero attached hydrogens (tertiary/aromatic N) is 3. The van der Waals surface area contributed by atoms with Gasteiger partial charge in [0.25, 0.3) is 0 Å². The summed E-state index contributed by atoms with van der Waals surface area (Å²) in [6, 6.07) is 3.74. The first-order valence-electron chi connectivity index (χ1n) is 9.77. The molecule has 160 valence electrons. The normalized spacial score (nSPS) is 17.1. The Hall–Kier alpha value is -2.50. The lowest BCUT2D eigenvalue weighted by Crippen LogP contribution is -2.41. The van der Waals surface area contributed by atoms with Crippen LogP contribution in [0.3, 0.4) is 0 Å². The average molecular weight is 450 g/mol. The van der Waals surface area contributed by atoms with E-state index in [0.717, 1.165) is 37.2 Å². The molecule has 4 rings (SSSR count). The zero-order valence-corrected chi connectivity index (χ0v) is 18.1. The van der Waals surface area contributed by atoms with Crippen molar-refractivity contribution in [3.8, 4) is 0 Å². The van der Waals surface area contributed by atoms with Gasteiger partial charge in [0.05, 0.1) is 10.9 Å². The standard InChI is InChI=1S/C19H23N5O4S2/c1-13(17(25)21-18-20-7-11-29-18)22-30(27,28)15-4-5-16-14(12-15)6-10-24(16)19(26)23-8-2-3-9-23/h4-5,7,11-13,22H,2-3,6,8-10H2,1H3,(H,20,21,25)/t13-/m0/s1. The molecule has 1 fully saturated rings. The Labute approximate surface area is 179 Å². The summed E-state index contributed by atoms with van der Waals surface area (Å²) < 4.78 is 28.0. The number of hydrogen-bond donors (Lipinski definition) is 2. The minimum atomic E-state index is -3.90. The number of carbonyl (C=O) groups is 2. The predicted molar refractivity (Wildman–Crippen MR) is 114 cm³/mol. The molecule has 2 aliphatic rings. The average Bonchev–Trinajstić information content (AvgIpc) is 3.47. The van der Waals surface area contributed by atoms with E-state index >= 15 is 0 Å². The fourth-order valence-corrected chi connectivity index (χ4v) is 5.46. The SMILES string of the molecule is C[C@H](NS(=O)(=O)c1ccc2c(c1)CCN2C(=O)N1CCCC1)C(=O)Nc1nccs1. The zero-order chi connectivity index (χ0) is 21.3. The summed E-state index contributed by atoms with van der Waals surface area (Å²) in [6.45, 7) is 3.54. The third kappa shape index (κ3) is 4.18. The number of sulfonamides is 1. The first-order chi connectivity index (χ1) is 14.3. The number of urea groups is 1. The van der Waals surface area contributed by atoms with Crippen LogP contribution >= 0.6 is 11.3 Å². The number of anilines is 2. The minimum Gasteiger partial charge on any atom is -0.324 e. The molecule has 1 aromatic heterocycles. The number of likely N-dealkylation sites (tertiary alicyclic amines) is 1. The highest BCUT2D eigenvalue weighted by Crippen LogP contribution is 2.31. The number of aromatic nitrogens is 1. The maximum Gasteiger partial charge on any atom is 0.324 e. The highest BCUT2D eigenvalue weighted by atomic mass is 32.2. The molecule has 2 N–H and O–H groups in total. The number of amides is 3. The molecule has 3 heterocycles. The maximum absolute atomic E-state index is 12.8. The van der Waals surface area contributed by atoms with Crippen LogP contribution in [0.15, 0.2) is 34.7 Å². The zero-order valence-electron chi connectivity index (χ0n) is 16.5. The number of thiazole rings is 1. The van der Waals surface area contributed by atoms with Crippen molar-refractivity contribution >= 4 is 44.1 Å². The lowest BCUT2D eigenvalue weighted by atomic mass is 10.2. The van der Waals surface area contributed by atoms with Crippen LogP contribution in [0.4, 0.5) is 15.6 Å². The predicted octanol–water partition coefficient (Wildman–Crippen LogP) is 2.03. The lowest BCUT2D eigenvalue weighted by Gasteiger charge is -2.24. The van der Waals surface area contributed by atoms with Crippen LogP contribution < -0.4 is 14.9 Å². The molecule has 9 nitrogen and oxygen atoms in total. The maximum atomic E-state index is 12.8. The van der Waals surface area contributed by atoms with Crippen molar-refractivity contribution in [2.45, 2.75) is 37.1 Å². The van der Waals surface area contributed by atoms with Crippen LogP contribution in [0.5, 0.6) is 0 Å². The van der Waals surface area contributed by atoms with Crippen molar-refractivity contribution in [3.63, 3.8) is 0 Å². The topological polar surface area (TPSA) is 112 Å². The summed E-state index contributed by atoms with van der Waals surface area (Å²) >= 11 is 1.25. The van der Waals surface area contributed by atoms with Gasteiger partial charge in [-0.05, 0) is 49.9 Å². The van der Waals surface area contributed by atoms with Gasteiger partial charge >= 0.3 is 6.03 Å². The largest absolute Gasteiger partial charge is 0.324 e. The Balaban J connectivity index is 1.46. The van der Waals surface area contributed by atoms with Crippen molar-refractivity contribution in [2.24, 2.45) is 0 Å². The molecular formula is C19H23N5O4S2.